The third-order valence-electron chi connectivity index (χ3n) is 3.93. The van der Waals surface area contributed by atoms with E-state index in [4.69, 9.17) is 14.2 Å². The molecule has 1 aromatic heterocycles. The van der Waals surface area contributed by atoms with Gasteiger partial charge in [0.1, 0.15) is 5.52 Å². The number of thiazole rings is 1. The SMILES string of the molecule is COc1ccc(CC(=O)OCC(=O)Nc2nc3c(F)c(F)c(F)cc3s2)cc1OC. The van der Waals surface area contributed by atoms with E-state index in [9.17, 15) is 22.8 Å². The van der Waals surface area contributed by atoms with Crippen LogP contribution in [-0.2, 0) is 20.7 Å². The van der Waals surface area contributed by atoms with Gasteiger partial charge in [0.05, 0.1) is 25.3 Å². The number of nitrogens with one attached hydrogen (secondary N) is 1. The quantitative estimate of drug-likeness (QED) is 0.447. The van der Waals surface area contributed by atoms with Crippen LogP contribution in [0.5, 0.6) is 11.5 Å². The number of fused-ring (bicyclic) bond motifs is 1. The van der Waals surface area contributed by atoms with Gasteiger partial charge >= 0.3 is 5.97 Å². The first-order valence-electron chi connectivity index (χ1n) is 8.42. The highest BCUT2D eigenvalue weighted by molar-refractivity contribution is 7.22. The van der Waals surface area contributed by atoms with Gasteiger partial charge in [0.2, 0.25) is 0 Å². The fraction of sp³-hybridized carbons (Fsp3) is 0.211. The first-order valence-corrected chi connectivity index (χ1v) is 9.24. The minimum atomic E-state index is -1.64. The number of hydrogen-bond acceptors (Lipinski definition) is 7. The van der Waals surface area contributed by atoms with Crippen molar-refractivity contribution in [3.05, 3.63) is 47.3 Å². The van der Waals surface area contributed by atoms with Crippen molar-refractivity contribution >= 4 is 38.6 Å². The lowest BCUT2D eigenvalue weighted by Gasteiger charge is -2.09. The predicted octanol–water partition coefficient (Wildman–Crippen LogP) is 3.46. The van der Waals surface area contributed by atoms with Crippen LogP contribution in [0.15, 0.2) is 24.3 Å². The van der Waals surface area contributed by atoms with Crippen LogP contribution in [0.2, 0.25) is 0 Å². The highest BCUT2D eigenvalue weighted by atomic mass is 32.1. The van der Waals surface area contributed by atoms with Crippen LogP contribution in [0.4, 0.5) is 18.3 Å². The second-order valence-electron chi connectivity index (χ2n) is 5.93. The molecule has 0 aliphatic heterocycles. The molecule has 0 bridgehead atoms. The number of aromatic nitrogens is 1. The summed E-state index contributed by atoms with van der Waals surface area (Å²) in [5.74, 6) is -4.91. The molecule has 0 fully saturated rings. The Bertz CT molecular complexity index is 1120. The van der Waals surface area contributed by atoms with Crippen molar-refractivity contribution in [3.8, 4) is 11.5 Å². The smallest absolute Gasteiger partial charge is 0.310 e. The summed E-state index contributed by atoms with van der Waals surface area (Å²) >= 11 is 0.751. The van der Waals surface area contributed by atoms with Crippen molar-refractivity contribution in [3.63, 3.8) is 0 Å². The number of benzene rings is 2. The van der Waals surface area contributed by atoms with Gasteiger partial charge in [0, 0.05) is 0 Å². The van der Waals surface area contributed by atoms with E-state index in [-0.39, 0.29) is 16.3 Å². The number of anilines is 1. The molecule has 0 aliphatic carbocycles. The molecule has 1 amide bonds. The van der Waals surface area contributed by atoms with Crippen molar-refractivity contribution in [2.45, 2.75) is 6.42 Å². The first kappa shape index (κ1) is 21.4. The highest BCUT2D eigenvalue weighted by Gasteiger charge is 2.19. The molecule has 2 aromatic carbocycles. The van der Waals surface area contributed by atoms with Crippen molar-refractivity contribution in [1.29, 1.82) is 0 Å². The third-order valence-corrected chi connectivity index (χ3v) is 4.85. The van der Waals surface area contributed by atoms with E-state index in [1.807, 2.05) is 0 Å². The maximum absolute atomic E-state index is 13.7. The molecule has 0 saturated heterocycles. The van der Waals surface area contributed by atoms with Crippen molar-refractivity contribution in [2.24, 2.45) is 0 Å². The fourth-order valence-corrected chi connectivity index (χ4v) is 3.44. The number of carbonyl (C=O) groups excluding carboxylic acids is 2. The van der Waals surface area contributed by atoms with Gasteiger partial charge in [-0.15, -0.1) is 0 Å². The Kier molecular flexibility index (Phi) is 6.40. The molecule has 3 rings (SSSR count). The number of halogens is 3. The third kappa shape index (κ3) is 4.62. The normalized spacial score (nSPS) is 10.7. The summed E-state index contributed by atoms with van der Waals surface area (Å²) in [7, 11) is 2.94. The van der Waals surface area contributed by atoms with Crippen molar-refractivity contribution < 1.29 is 37.0 Å². The molecule has 0 atom stereocenters. The second-order valence-corrected chi connectivity index (χ2v) is 6.96. The van der Waals surface area contributed by atoms with Gasteiger partial charge in [-0.1, -0.05) is 17.4 Å². The van der Waals surface area contributed by atoms with Crippen LogP contribution in [0.25, 0.3) is 10.2 Å². The van der Waals surface area contributed by atoms with E-state index >= 15 is 0 Å². The first-order chi connectivity index (χ1) is 14.3. The van der Waals surface area contributed by atoms with Crippen molar-refractivity contribution in [1.82, 2.24) is 4.98 Å². The molecule has 1 heterocycles. The van der Waals surface area contributed by atoms with E-state index in [2.05, 4.69) is 10.3 Å². The number of methoxy groups -OCH3 is 2. The number of carbonyl (C=O) groups is 2. The number of ether oxygens (including phenoxy) is 3. The minimum absolute atomic E-state index is 0.0205. The van der Waals surface area contributed by atoms with Gasteiger partial charge in [-0.3, -0.25) is 14.9 Å². The zero-order chi connectivity index (χ0) is 21.8. The molecule has 0 spiro atoms. The van der Waals surface area contributed by atoms with Crippen LogP contribution >= 0.6 is 11.3 Å². The molecule has 0 unspecified atom stereocenters. The second kappa shape index (κ2) is 8.99. The zero-order valence-corrected chi connectivity index (χ0v) is 16.6. The average Bonchev–Trinajstić information content (AvgIpc) is 3.12. The van der Waals surface area contributed by atoms with E-state index in [0.29, 0.717) is 17.1 Å². The van der Waals surface area contributed by atoms with Gasteiger partial charge < -0.3 is 14.2 Å². The molecule has 158 valence electrons. The Morgan fingerprint density at radius 3 is 2.50 bits per heavy atom. The Labute approximate surface area is 172 Å². The number of rotatable bonds is 7. The van der Waals surface area contributed by atoms with E-state index in [1.165, 1.54) is 14.2 Å². The summed E-state index contributed by atoms with van der Waals surface area (Å²) in [5, 5.41) is 2.21. The molecule has 0 aliphatic rings. The summed E-state index contributed by atoms with van der Waals surface area (Å²) in [4.78, 5) is 27.6. The molecular weight excluding hydrogens is 425 g/mol. The maximum atomic E-state index is 13.7. The van der Waals surface area contributed by atoms with Gasteiger partial charge in [-0.2, -0.15) is 0 Å². The van der Waals surface area contributed by atoms with Crippen LogP contribution in [0.1, 0.15) is 5.56 Å². The van der Waals surface area contributed by atoms with E-state index in [1.54, 1.807) is 18.2 Å². The standard InChI is InChI=1S/C19H15F3N2O5S/c1-27-11-4-3-9(5-12(11)28-2)6-15(26)29-8-14(25)23-19-24-18-13(30-19)7-10(20)16(21)17(18)22/h3-5,7H,6,8H2,1-2H3,(H,23,24,25). The maximum Gasteiger partial charge on any atom is 0.310 e. The molecule has 1 N–H and O–H groups in total. The zero-order valence-electron chi connectivity index (χ0n) is 15.8. The van der Waals surface area contributed by atoms with Gasteiger partial charge in [0.25, 0.3) is 5.91 Å². The number of hydrogen-bond donors (Lipinski definition) is 1. The summed E-state index contributed by atoms with van der Waals surface area (Å²) < 4.78 is 55.4. The molecule has 30 heavy (non-hydrogen) atoms. The van der Waals surface area contributed by atoms with E-state index in [0.717, 1.165) is 17.4 Å². The lowest BCUT2D eigenvalue weighted by atomic mass is 10.1. The molecule has 11 heteroatoms. The summed E-state index contributed by atoms with van der Waals surface area (Å²) in [6, 6.07) is 5.67. The predicted molar refractivity (Wildman–Crippen MR) is 102 cm³/mol. The summed E-state index contributed by atoms with van der Waals surface area (Å²) in [6.07, 6.45) is -0.113. The lowest BCUT2D eigenvalue weighted by molar-refractivity contribution is -0.146. The van der Waals surface area contributed by atoms with Crippen LogP contribution < -0.4 is 14.8 Å². The summed E-state index contributed by atoms with van der Waals surface area (Å²) in [5.41, 5.74) is 0.184. The fourth-order valence-electron chi connectivity index (χ4n) is 2.54. The van der Waals surface area contributed by atoms with Gasteiger partial charge in [-0.25, -0.2) is 18.2 Å². The number of amides is 1. The molecule has 3 aromatic rings. The molecule has 7 nitrogen and oxygen atoms in total. The van der Waals surface area contributed by atoms with Crippen molar-refractivity contribution in [2.75, 3.05) is 26.1 Å². The molecule has 0 radical (unpaired) electrons. The van der Waals surface area contributed by atoms with Crippen LogP contribution in [0, 0.1) is 17.5 Å². The largest absolute Gasteiger partial charge is 0.493 e. The average molecular weight is 440 g/mol. The van der Waals surface area contributed by atoms with Crippen LogP contribution in [0.3, 0.4) is 0 Å². The number of nitrogens with zero attached hydrogens (tertiary/aromatic N) is 1. The van der Waals surface area contributed by atoms with Gasteiger partial charge in [0.15, 0.2) is 40.7 Å². The Hall–Kier alpha value is -3.34. The lowest BCUT2D eigenvalue weighted by Crippen LogP contribution is -2.21. The van der Waals surface area contributed by atoms with Gasteiger partial charge in [-0.05, 0) is 23.8 Å². The molecular formula is C19H15F3N2O5S. The van der Waals surface area contributed by atoms with Crippen LogP contribution in [-0.4, -0.2) is 37.7 Å². The monoisotopic (exact) mass is 440 g/mol. The highest BCUT2D eigenvalue weighted by Crippen LogP contribution is 2.30. The Balaban J connectivity index is 1.57. The number of esters is 1. The van der Waals surface area contributed by atoms with E-state index < -0.39 is 41.5 Å². The topological polar surface area (TPSA) is 86.8 Å². The summed E-state index contributed by atoms with van der Waals surface area (Å²) in [6.45, 7) is -0.618. The molecule has 0 saturated carbocycles. The minimum Gasteiger partial charge on any atom is -0.493 e. The Morgan fingerprint density at radius 2 is 1.80 bits per heavy atom. The Morgan fingerprint density at radius 1 is 1.07 bits per heavy atom.